The molecule has 0 N–H and O–H groups in total. The molecule has 0 saturated carbocycles. The van der Waals surface area contributed by atoms with E-state index in [1.165, 1.54) is 6.07 Å². The lowest BCUT2D eigenvalue weighted by Crippen LogP contribution is -2.04. The lowest BCUT2D eigenvalue weighted by atomic mass is 9.93. The van der Waals surface area contributed by atoms with Gasteiger partial charge in [0.2, 0.25) is 0 Å². The second kappa shape index (κ2) is 13.8. The molecule has 60 heavy (non-hydrogen) atoms. The summed E-state index contributed by atoms with van der Waals surface area (Å²) in [7, 11) is 0. The quantitative estimate of drug-likeness (QED) is 0.166. The van der Waals surface area contributed by atoms with Crippen molar-refractivity contribution in [3.8, 4) is 51.8 Å². The number of aromatic nitrogens is 2. The first-order valence-electron chi connectivity index (χ1n) is 18.1. The molecule has 8 nitrogen and oxygen atoms in total. The first-order valence-corrected chi connectivity index (χ1v) is 18.1. The molecule has 0 fully saturated rings. The van der Waals surface area contributed by atoms with Crippen molar-refractivity contribution in [2.24, 2.45) is 0 Å². The highest BCUT2D eigenvalue weighted by atomic mass is 19.4. The molecule has 0 saturated heterocycles. The Morgan fingerprint density at radius 1 is 0.450 bits per heavy atom. The van der Waals surface area contributed by atoms with Crippen LogP contribution in [0, 0.1) is 53.7 Å². The van der Waals surface area contributed by atoms with Gasteiger partial charge >= 0.3 is 6.18 Å². The molecule has 7 aromatic carbocycles. The van der Waals surface area contributed by atoms with E-state index in [4.69, 9.17) is 19.7 Å². The number of halogens is 3. The molecule has 0 aliphatic carbocycles. The predicted octanol–water partition coefficient (Wildman–Crippen LogP) is 13.5. The lowest BCUT2D eigenvalue weighted by Gasteiger charge is -2.20. The highest BCUT2D eigenvalue weighted by molar-refractivity contribution is 6.13. The van der Waals surface area contributed by atoms with Gasteiger partial charge in [-0.25, -0.2) is 14.5 Å². The van der Waals surface area contributed by atoms with Gasteiger partial charge in [-0.2, -0.15) is 29.0 Å². The Balaban J connectivity index is 1.43. The van der Waals surface area contributed by atoms with E-state index in [9.17, 15) is 29.0 Å². The summed E-state index contributed by atoms with van der Waals surface area (Å²) in [5, 5.41) is 32.9. The zero-order valence-electron chi connectivity index (χ0n) is 30.8. The Hall–Kier alpha value is -9.13. The van der Waals surface area contributed by atoms with E-state index in [0.717, 1.165) is 22.9 Å². The van der Waals surface area contributed by atoms with E-state index in [1.54, 1.807) is 78.9 Å². The summed E-state index contributed by atoms with van der Waals surface area (Å²) in [6, 6.07) is 41.4. The molecule has 0 radical (unpaired) electrons. The zero-order chi connectivity index (χ0) is 41.9. The van der Waals surface area contributed by atoms with Crippen molar-refractivity contribution >= 4 is 60.7 Å². The normalized spacial score (nSPS) is 11.2. The standard InChI is InChI=1S/C49H21F3N8/c1-56-33-9-16-47-40(23-33)37-19-29(26-54)5-13-44(37)59(47)43-12-4-28(25-53)18-36(43)39-21-31(35-11-8-32(49(50,51)52)22-42(35)58-3)7-15-46(39)60-45-14-6-30(27-55)20-38(45)41-24-34(57-2)10-17-48(41)60/h4-24H. The number of fused-ring (bicyclic) bond motifs is 6. The molecule has 11 heteroatoms. The highest BCUT2D eigenvalue weighted by Crippen LogP contribution is 2.45. The van der Waals surface area contributed by atoms with Crippen LogP contribution in [0.4, 0.5) is 30.2 Å². The van der Waals surface area contributed by atoms with Gasteiger partial charge < -0.3 is 9.13 Å². The van der Waals surface area contributed by atoms with E-state index in [2.05, 4.69) is 32.7 Å². The molecule has 278 valence electrons. The number of rotatable bonds is 4. The minimum atomic E-state index is -4.67. The summed E-state index contributed by atoms with van der Waals surface area (Å²) in [5.41, 5.74) is 6.58. The fraction of sp³-hybridized carbons (Fsp3) is 0.0204. The lowest BCUT2D eigenvalue weighted by molar-refractivity contribution is -0.137. The molecule has 0 unspecified atom stereocenters. The van der Waals surface area contributed by atoms with Crippen LogP contribution in [0.15, 0.2) is 127 Å². The van der Waals surface area contributed by atoms with Crippen molar-refractivity contribution in [3.63, 3.8) is 0 Å². The summed E-state index contributed by atoms with van der Waals surface area (Å²) in [5.74, 6) is 0. The maximum absolute atomic E-state index is 13.8. The minimum absolute atomic E-state index is 0.201. The molecule has 9 aromatic rings. The second-order valence-corrected chi connectivity index (χ2v) is 13.9. The van der Waals surface area contributed by atoms with E-state index in [0.29, 0.717) is 89.0 Å². The largest absolute Gasteiger partial charge is 0.415 e. The van der Waals surface area contributed by atoms with Gasteiger partial charge in [0.1, 0.15) is 0 Å². The average Bonchev–Trinajstić information content (AvgIpc) is 3.78. The van der Waals surface area contributed by atoms with Crippen molar-refractivity contribution < 1.29 is 13.2 Å². The molecule has 0 aliphatic rings. The number of alkyl halides is 3. The van der Waals surface area contributed by atoms with E-state index < -0.39 is 11.7 Å². The fourth-order valence-electron chi connectivity index (χ4n) is 7.99. The van der Waals surface area contributed by atoms with Crippen LogP contribution in [-0.2, 0) is 6.18 Å². The van der Waals surface area contributed by atoms with Gasteiger partial charge in [-0.1, -0.05) is 30.3 Å². The Kier molecular flexibility index (Phi) is 8.40. The number of nitrogens with zero attached hydrogens (tertiary/aromatic N) is 8. The van der Waals surface area contributed by atoms with Gasteiger partial charge in [-0.15, -0.1) is 0 Å². The monoisotopic (exact) mass is 778 g/mol. The minimum Gasteiger partial charge on any atom is -0.309 e. The van der Waals surface area contributed by atoms with Gasteiger partial charge in [0, 0.05) is 27.5 Å². The Bertz CT molecular complexity index is 3480. The Labute approximate surface area is 339 Å². The van der Waals surface area contributed by atoms with Crippen LogP contribution in [0.2, 0.25) is 0 Å². The maximum atomic E-state index is 13.8. The van der Waals surface area contributed by atoms with Crippen LogP contribution in [-0.4, -0.2) is 9.13 Å². The fourth-order valence-corrected chi connectivity index (χ4v) is 7.99. The zero-order valence-corrected chi connectivity index (χ0v) is 30.8. The SMILES string of the molecule is [C-]#[N+]c1ccc2c(c1)c1cc(C#N)ccc1n2-c1ccc(C#N)cc1-c1cc(-c2ccc(C(F)(F)F)cc2[N+]#[C-])ccc1-n1c2ccc(C#N)cc2c2cc([N+]#[C-])ccc21. The number of nitriles is 3. The van der Waals surface area contributed by atoms with E-state index >= 15 is 0 Å². The van der Waals surface area contributed by atoms with E-state index in [1.807, 2.05) is 39.5 Å². The van der Waals surface area contributed by atoms with Crippen LogP contribution >= 0.6 is 0 Å². The number of hydrogen-bond donors (Lipinski definition) is 0. The van der Waals surface area contributed by atoms with Gasteiger partial charge in [-0.3, -0.25) is 0 Å². The Morgan fingerprint density at radius 3 is 1.38 bits per heavy atom. The van der Waals surface area contributed by atoms with Crippen LogP contribution in [0.3, 0.4) is 0 Å². The maximum Gasteiger partial charge on any atom is 0.415 e. The van der Waals surface area contributed by atoms with Crippen LogP contribution in [0.1, 0.15) is 22.3 Å². The van der Waals surface area contributed by atoms with Gasteiger partial charge in [0.15, 0.2) is 17.1 Å². The Morgan fingerprint density at radius 2 is 0.900 bits per heavy atom. The van der Waals surface area contributed by atoms with Crippen molar-refractivity contribution in [1.82, 2.24) is 9.13 Å². The smallest absolute Gasteiger partial charge is 0.309 e. The molecule has 0 aliphatic heterocycles. The molecular formula is C49H21F3N8. The predicted molar refractivity (Wildman–Crippen MR) is 224 cm³/mol. The van der Waals surface area contributed by atoms with Crippen molar-refractivity contribution in [2.75, 3.05) is 0 Å². The summed E-state index contributed by atoms with van der Waals surface area (Å²) in [4.78, 5) is 10.8. The molecule has 0 atom stereocenters. The topological polar surface area (TPSA) is 94.3 Å². The molecular weight excluding hydrogens is 758 g/mol. The highest BCUT2D eigenvalue weighted by Gasteiger charge is 2.31. The van der Waals surface area contributed by atoms with E-state index in [-0.39, 0.29) is 11.3 Å². The van der Waals surface area contributed by atoms with Gasteiger partial charge in [-0.05, 0) is 119 Å². The van der Waals surface area contributed by atoms with Crippen molar-refractivity contribution in [2.45, 2.75) is 6.18 Å². The molecule has 0 bridgehead atoms. The van der Waals surface area contributed by atoms with Crippen molar-refractivity contribution in [3.05, 3.63) is 184 Å². The second-order valence-electron chi connectivity index (χ2n) is 13.9. The number of hydrogen-bond acceptors (Lipinski definition) is 3. The third-order valence-corrected chi connectivity index (χ3v) is 10.7. The summed E-state index contributed by atoms with van der Waals surface area (Å²) < 4.78 is 45.5. The molecule has 2 heterocycles. The first-order chi connectivity index (χ1) is 29.1. The van der Waals surface area contributed by atoms with Gasteiger partial charge in [0.25, 0.3) is 0 Å². The van der Waals surface area contributed by atoms with Crippen LogP contribution in [0.5, 0.6) is 0 Å². The average molecular weight is 779 g/mol. The summed E-state index contributed by atoms with van der Waals surface area (Å²) in [6.07, 6.45) is -4.67. The van der Waals surface area contributed by atoms with Crippen LogP contribution in [0.25, 0.3) is 91.8 Å². The number of benzene rings is 7. The summed E-state index contributed by atoms with van der Waals surface area (Å²) in [6.45, 7) is 23.3. The van der Waals surface area contributed by atoms with Crippen LogP contribution < -0.4 is 0 Å². The van der Waals surface area contributed by atoms with Gasteiger partial charge in [0.05, 0.1) is 88.1 Å². The summed E-state index contributed by atoms with van der Waals surface area (Å²) >= 11 is 0. The molecule has 9 rings (SSSR count). The first kappa shape index (κ1) is 36.5. The third kappa shape index (κ3) is 5.72. The molecule has 0 amide bonds. The molecule has 2 aromatic heterocycles. The third-order valence-electron chi connectivity index (χ3n) is 10.7. The van der Waals surface area contributed by atoms with Crippen molar-refractivity contribution in [1.29, 1.82) is 15.8 Å². The molecule has 0 spiro atoms.